The van der Waals surface area contributed by atoms with Crippen LogP contribution in [0.3, 0.4) is 0 Å². The van der Waals surface area contributed by atoms with Crippen molar-refractivity contribution in [2.75, 3.05) is 0 Å². The monoisotopic (exact) mass is 1780 g/mol. The van der Waals surface area contributed by atoms with Gasteiger partial charge in [-0.15, -0.1) is 0 Å². The molecule has 652 valence electrons. The van der Waals surface area contributed by atoms with Gasteiger partial charge in [0, 0.05) is 136 Å². The van der Waals surface area contributed by atoms with Gasteiger partial charge in [-0.05, 0) is 219 Å². The van der Waals surface area contributed by atoms with Crippen LogP contribution in [0.2, 0.25) is 0 Å². The number of rotatable bonds is 16. The van der Waals surface area contributed by atoms with Crippen LogP contribution in [-0.4, -0.2) is 38.2 Å². The topological polar surface area (TPSA) is 71.3 Å². The molecule has 20 aromatic carbocycles. The maximum absolute atomic E-state index is 4.69. The van der Waals surface area contributed by atoms with Crippen LogP contribution in [0.1, 0.15) is 0 Å². The summed E-state index contributed by atoms with van der Waals surface area (Å²) in [5.41, 5.74) is 36.5. The Morgan fingerprint density at radius 3 is 0.593 bits per heavy atom. The lowest BCUT2D eigenvalue weighted by atomic mass is 9.89. The van der Waals surface area contributed by atoms with E-state index in [-0.39, 0.29) is 0 Å². The summed E-state index contributed by atoms with van der Waals surface area (Å²) >= 11 is 0. The van der Waals surface area contributed by atoms with Crippen LogP contribution in [0.15, 0.2) is 510 Å². The van der Waals surface area contributed by atoms with Gasteiger partial charge in [0.1, 0.15) is 0 Å². The number of aromatic nitrogens is 8. The van der Waals surface area contributed by atoms with Gasteiger partial charge in [0.2, 0.25) is 0 Å². The highest BCUT2D eigenvalue weighted by molar-refractivity contribution is 6.37. The lowest BCUT2D eigenvalue weighted by molar-refractivity contribution is 1.14. The molecule has 8 heterocycles. The second-order valence-corrected chi connectivity index (χ2v) is 36.2. The first kappa shape index (κ1) is 80.9. The number of fused-ring (bicyclic) bond motifs is 8. The number of hydrogen-bond donors (Lipinski definition) is 0. The van der Waals surface area contributed by atoms with E-state index in [9.17, 15) is 0 Å². The SMILES string of the molecule is c1ccc(-c2c(-c3ccccc3)n(-c3ccc(-c4ccccn4)cc3)c3c2cc2ccc4c5c(ccc3c25)cc2c(-c3ccccc3)c(-c3ccccc3)n(-c3ccc(-c5ccccn5)cc3)c24)cc1.c1ccc(-c2c(-c3ccccc3)n(-c3ccc(-c4cccnc4)cc3)c3c2cc2ccc4c5c(ccc3c25)cc2c(-c3ccccc3)c(-c3ccccc3)n(-c3ccc(-c5cccnc5)cc3)c24)cc1. The molecule has 0 amide bonds. The van der Waals surface area contributed by atoms with E-state index >= 15 is 0 Å². The number of hydrogen-bond acceptors (Lipinski definition) is 4. The molecule has 0 N–H and O–H groups in total. The van der Waals surface area contributed by atoms with Crippen LogP contribution >= 0.6 is 0 Å². The highest BCUT2D eigenvalue weighted by Crippen LogP contribution is 2.56. The highest BCUT2D eigenvalue weighted by atomic mass is 15.0. The maximum Gasteiger partial charge on any atom is 0.0701 e. The summed E-state index contributed by atoms with van der Waals surface area (Å²) in [6.07, 6.45) is 11.2. The second kappa shape index (κ2) is 33.7. The smallest absolute Gasteiger partial charge is 0.0701 e. The molecule has 0 radical (unpaired) electrons. The lowest BCUT2D eigenvalue weighted by Gasteiger charge is -2.18. The number of benzene rings is 20. The van der Waals surface area contributed by atoms with Crippen LogP contribution in [0.5, 0.6) is 0 Å². The van der Waals surface area contributed by atoms with E-state index in [1.807, 2.05) is 73.6 Å². The van der Waals surface area contributed by atoms with E-state index in [1.165, 1.54) is 153 Å². The standard InChI is InChI=1S/2C66H42N4/c1-5-17-45(18-6-1)61-55-41-49-31-38-54-60-50(32-37-53(59(49)60)65(55)69(63(61)47-21-9-3-10-22-47)51-33-27-43(28-34-51)57-25-13-15-39-67-57)42-56-62(46-19-7-2-8-20-46)64(48-23-11-4-12-24-48)70(66(54)56)52-35-29-44(30-36-52)58-26-14-16-40-68-58;1-5-15-45(16-6-1)61-57-39-49-29-36-56-60-50(30-35-55(59(49)60)65(57)69(63(61)47-19-9-3-10-20-47)53-31-25-43(26-32-53)51-23-13-37-67-41-51)40-58-62(46-17-7-2-8-18-46)64(48-21-11-4-12-22-48)70(66(56)58)54-33-27-44(28-34-54)52-24-14-38-68-42-52/h2*1-42H. The van der Waals surface area contributed by atoms with Gasteiger partial charge in [-0.25, -0.2) is 0 Å². The molecule has 0 bridgehead atoms. The summed E-state index contributed by atoms with van der Waals surface area (Å²) in [7, 11) is 0. The fourth-order valence-electron chi connectivity index (χ4n) is 22.4. The third kappa shape index (κ3) is 13.4. The average molecular weight is 1780 g/mol. The van der Waals surface area contributed by atoms with Gasteiger partial charge in [0.25, 0.3) is 0 Å². The van der Waals surface area contributed by atoms with E-state index in [0.29, 0.717) is 0 Å². The van der Waals surface area contributed by atoms with E-state index in [2.05, 4.69) is 465 Å². The Kier molecular flexibility index (Phi) is 19.5. The van der Waals surface area contributed by atoms with E-state index < -0.39 is 0 Å². The molecular formula is C132H84N8. The van der Waals surface area contributed by atoms with E-state index in [4.69, 9.17) is 9.97 Å². The van der Waals surface area contributed by atoms with E-state index in [0.717, 1.165) is 113 Å². The van der Waals surface area contributed by atoms with Gasteiger partial charge in [0.15, 0.2) is 0 Å². The molecule has 0 aliphatic rings. The fourth-order valence-corrected chi connectivity index (χ4v) is 22.4. The molecule has 8 nitrogen and oxygen atoms in total. The molecule has 0 aliphatic heterocycles. The van der Waals surface area contributed by atoms with Crippen molar-refractivity contribution in [3.05, 3.63) is 510 Å². The molecule has 8 heteroatoms. The number of pyridine rings is 4. The van der Waals surface area contributed by atoms with Crippen molar-refractivity contribution < 1.29 is 0 Å². The number of nitrogens with zero attached hydrogens (tertiary/aromatic N) is 8. The van der Waals surface area contributed by atoms with Crippen molar-refractivity contribution >= 4 is 108 Å². The van der Waals surface area contributed by atoms with Gasteiger partial charge in [-0.3, -0.25) is 19.9 Å². The quantitative estimate of drug-likeness (QED) is 0.0904. The Labute approximate surface area is 808 Å². The minimum absolute atomic E-state index is 0.953. The summed E-state index contributed by atoms with van der Waals surface area (Å²) in [5, 5.41) is 19.6. The van der Waals surface area contributed by atoms with Crippen LogP contribution < -0.4 is 0 Å². The minimum atomic E-state index is 0.953. The predicted octanol–water partition coefficient (Wildman–Crippen LogP) is 34.5. The van der Waals surface area contributed by atoms with Gasteiger partial charge < -0.3 is 18.3 Å². The lowest BCUT2D eigenvalue weighted by Crippen LogP contribution is -1.99. The van der Waals surface area contributed by atoms with Gasteiger partial charge in [0.05, 0.1) is 56.2 Å². The largest absolute Gasteiger partial charge is 0.308 e. The van der Waals surface area contributed by atoms with Crippen molar-refractivity contribution in [2.45, 2.75) is 0 Å². The molecule has 0 fully saturated rings. The first-order valence-electron chi connectivity index (χ1n) is 47.8. The van der Waals surface area contributed by atoms with Crippen molar-refractivity contribution in [2.24, 2.45) is 0 Å². The summed E-state index contributed by atoms with van der Waals surface area (Å²) in [5.74, 6) is 0. The van der Waals surface area contributed by atoms with Crippen molar-refractivity contribution in [1.82, 2.24) is 38.2 Å². The molecule has 28 rings (SSSR count). The molecule has 0 atom stereocenters. The first-order valence-corrected chi connectivity index (χ1v) is 47.8. The van der Waals surface area contributed by atoms with Crippen molar-refractivity contribution in [1.29, 1.82) is 0 Å². The fraction of sp³-hybridized carbons (Fsp3) is 0. The van der Waals surface area contributed by atoms with Gasteiger partial charge >= 0.3 is 0 Å². The van der Waals surface area contributed by atoms with Gasteiger partial charge in [-0.2, -0.15) is 0 Å². The third-order valence-corrected chi connectivity index (χ3v) is 28.4. The Morgan fingerprint density at radius 1 is 0.150 bits per heavy atom. The Balaban J connectivity index is 0.000000141. The zero-order valence-corrected chi connectivity index (χ0v) is 76.1. The van der Waals surface area contributed by atoms with Crippen molar-refractivity contribution in [3.63, 3.8) is 0 Å². The Bertz CT molecular complexity index is 8410. The molecule has 140 heavy (non-hydrogen) atoms. The summed E-state index contributed by atoms with van der Waals surface area (Å²) in [6.45, 7) is 0. The second-order valence-electron chi connectivity index (χ2n) is 36.2. The molecule has 0 spiro atoms. The summed E-state index contributed by atoms with van der Waals surface area (Å²) < 4.78 is 10.1. The zero-order chi connectivity index (χ0) is 92.2. The maximum atomic E-state index is 4.69. The average Bonchev–Trinajstić information content (AvgIpc) is 1.52. The van der Waals surface area contributed by atoms with Crippen molar-refractivity contribution in [3.8, 4) is 157 Å². The predicted molar refractivity (Wildman–Crippen MR) is 584 cm³/mol. The van der Waals surface area contributed by atoms with Crippen LogP contribution in [0.4, 0.5) is 0 Å². The molecular weight excluding hydrogens is 1700 g/mol. The molecule has 8 aromatic heterocycles. The van der Waals surface area contributed by atoms with E-state index in [1.54, 1.807) is 0 Å². The summed E-state index contributed by atoms with van der Waals surface area (Å²) in [6, 6.07) is 172. The molecule has 0 unspecified atom stereocenters. The van der Waals surface area contributed by atoms with Crippen LogP contribution in [0.25, 0.3) is 265 Å². The molecule has 0 saturated heterocycles. The minimum Gasteiger partial charge on any atom is -0.308 e. The zero-order valence-electron chi connectivity index (χ0n) is 76.1. The molecule has 0 saturated carbocycles. The first-order chi connectivity index (χ1) is 69.5. The highest BCUT2D eigenvalue weighted by Gasteiger charge is 2.33. The molecule has 0 aliphatic carbocycles. The van der Waals surface area contributed by atoms with Crippen LogP contribution in [-0.2, 0) is 0 Å². The third-order valence-electron chi connectivity index (χ3n) is 28.4. The normalized spacial score (nSPS) is 11.7. The Morgan fingerprint density at radius 2 is 0.371 bits per heavy atom. The Hall–Kier alpha value is -18.8. The van der Waals surface area contributed by atoms with Gasteiger partial charge in [-0.1, -0.05) is 364 Å². The summed E-state index contributed by atoms with van der Waals surface area (Å²) in [4.78, 5) is 18.2. The molecule has 28 aromatic rings. The van der Waals surface area contributed by atoms with Crippen LogP contribution in [0, 0.1) is 0 Å².